The minimum absolute atomic E-state index is 0.197. The van der Waals surface area contributed by atoms with Gasteiger partial charge in [-0.1, -0.05) is 18.2 Å². The Morgan fingerprint density at radius 2 is 1.68 bits per heavy atom. The Kier molecular flexibility index (Phi) is 5.86. The van der Waals surface area contributed by atoms with Gasteiger partial charge in [0.15, 0.2) is 5.82 Å². The first-order valence-corrected chi connectivity index (χ1v) is 10.1. The van der Waals surface area contributed by atoms with Crippen molar-refractivity contribution < 1.29 is 17.9 Å². The Balaban J connectivity index is 1.38. The summed E-state index contributed by atoms with van der Waals surface area (Å²) in [4.78, 5) is 9.03. The van der Waals surface area contributed by atoms with Crippen LogP contribution in [0.2, 0.25) is 0 Å². The van der Waals surface area contributed by atoms with E-state index in [0.29, 0.717) is 6.54 Å². The Bertz CT molecular complexity index is 1010. The average molecular weight is 431 g/mol. The monoisotopic (exact) mass is 431 g/mol. The molecule has 0 aliphatic carbocycles. The van der Waals surface area contributed by atoms with Gasteiger partial charge in [0.1, 0.15) is 5.75 Å². The van der Waals surface area contributed by atoms with Crippen LogP contribution in [0.15, 0.2) is 48.7 Å². The molecule has 0 radical (unpaired) electrons. The number of nitrogens with zero attached hydrogens (tertiary/aromatic N) is 5. The van der Waals surface area contributed by atoms with Crippen LogP contribution in [0.3, 0.4) is 0 Å². The summed E-state index contributed by atoms with van der Waals surface area (Å²) in [5.41, 5.74) is 4.12. The molecule has 1 saturated heterocycles. The molecule has 3 aromatic rings. The molecule has 0 bridgehead atoms. The normalized spacial score (nSPS) is 15.3. The molecule has 0 unspecified atom stereocenters. The second-order valence-electron chi connectivity index (χ2n) is 7.57. The maximum absolute atomic E-state index is 12.3. The topological polar surface area (TPSA) is 46.4 Å². The summed E-state index contributed by atoms with van der Waals surface area (Å²) in [6.07, 6.45) is -2.91. The molecule has 6 nitrogen and oxygen atoms in total. The number of aromatic nitrogens is 3. The first-order valence-electron chi connectivity index (χ1n) is 10.1. The fourth-order valence-corrected chi connectivity index (χ4v) is 3.98. The number of benzene rings is 1. The van der Waals surface area contributed by atoms with E-state index in [1.807, 2.05) is 29.8 Å². The smallest absolute Gasteiger partial charge is 0.406 e. The Morgan fingerprint density at radius 1 is 0.968 bits per heavy atom. The molecular weight excluding hydrogens is 407 g/mol. The molecule has 3 heterocycles. The summed E-state index contributed by atoms with van der Waals surface area (Å²) in [6.45, 7) is 8.17. The van der Waals surface area contributed by atoms with Gasteiger partial charge in [0, 0.05) is 38.9 Å². The van der Waals surface area contributed by atoms with Gasteiger partial charge >= 0.3 is 6.36 Å². The van der Waals surface area contributed by atoms with E-state index in [-0.39, 0.29) is 5.75 Å². The highest BCUT2D eigenvalue weighted by atomic mass is 19.4. The molecule has 0 spiro atoms. The zero-order chi connectivity index (χ0) is 22.0. The van der Waals surface area contributed by atoms with Crippen LogP contribution in [0.25, 0.3) is 5.82 Å². The maximum atomic E-state index is 12.3. The Labute approximate surface area is 178 Å². The molecule has 164 valence electrons. The SMILES string of the molecule is Cc1nn(-c2ccccn2)c(C)c1N1CCN(Cc2ccc(OC(F)(F)F)cc2)CC1. The quantitative estimate of drug-likeness (QED) is 0.609. The van der Waals surface area contributed by atoms with Gasteiger partial charge in [-0.25, -0.2) is 9.67 Å². The highest BCUT2D eigenvalue weighted by Crippen LogP contribution is 2.28. The van der Waals surface area contributed by atoms with E-state index in [1.54, 1.807) is 18.3 Å². The molecule has 1 aromatic carbocycles. The number of piperazine rings is 1. The van der Waals surface area contributed by atoms with E-state index in [0.717, 1.165) is 54.6 Å². The highest BCUT2D eigenvalue weighted by molar-refractivity contribution is 5.56. The number of halogens is 3. The van der Waals surface area contributed by atoms with Gasteiger partial charge in [0.05, 0.1) is 17.1 Å². The van der Waals surface area contributed by atoms with Crippen LogP contribution >= 0.6 is 0 Å². The van der Waals surface area contributed by atoms with E-state index in [9.17, 15) is 13.2 Å². The molecule has 9 heteroatoms. The van der Waals surface area contributed by atoms with Crippen LogP contribution in [-0.2, 0) is 6.54 Å². The molecule has 0 atom stereocenters. The predicted molar refractivity (Wildman–Crippen MR) is 111 cm³/mol. The summed E-state index contributed by atoms with van der Waals surface area (Å²) in [5, 5.41) is 4.68. The predicted octanol–water partition coefficient (Wildman–Crippen LogP) is 4.10. The molecule has 1 aliphatic heterocycles. The average Bonchev–Trinajstić information content (AvgIpc) is 3.04. The van der Waals surface area contributed by atoms with Crippen LogP contribution in [0.5, 0.6) is 5.75 Å². The molecule has 1 aliphatic rings. The molecule has 0 amide bonds. The Morgan fingerprint density at radius 3 is 2.29 bits per heavy atom. The number of rotatable bonds is 5. The Hall–Kier alpha value is -3.07. The van der Waals surface area contributed by atoms with Crippen molar-refractivity contribution >= 4 is 5.69 Å². The van der Waals surface area contributed by atoms with Crippen molar-refractivity contribution in [2.24, 2.45) is 0 Å². The zero-order valence-corrected chi connectivity index (χ0v) is 17.4. The summed E-state index contributed by atoms with van der Waals surface area (Å²) in [7, 11) is 0. The fraction of sp³-hybridized carbons (Fsp3) is 0.364. The summed E-state index contributed by atoms with van der Waals surface area (Å²) < 4.78 is 42.7. The van der Waals surface area contributed by atoms with Crippen molar-refractivity contribution in [3.8, 4) is 11.6 Å². The number of hydrogen-bond acceptors (Lipinski definition) is 5. The fourth-order valence-electron chi connectivity index (χ4n) is 3.98. The van der Waals surface area contributed by atoms with Crippen molar-refractivity contribution in [2.75, 3.05) is 31.1 Å². The highest BCUT2D eigenvalue weighted by Gasteiger charge is 2.31. The van der Waals surface area contributed by atoms with E-state index < -0.39 is 6.36 Å². The molecule has 4 rings (SSSR count). The second-order valence-corrected chi connectivity index (χ2v) is 7.57. The number of aryl methyl sites for hydroxylation is 1. The number of pyridine rings is 1. The minimum atomic E-state index is -4.67. The summed E-state index contributed by atoms with van der Waals surface area (Å²) >= 11 is 0. The van der Waals surface area contributed by atoms with E-state index in [4.69, 9.17) is 0 Å². The molecule has 1 fully saturated rings. The first kappa shape index (κ1) is 21.2. The van der Waals surface area contributed by atoms with Gasteiger partial charge < -0.3 is 9.64 Å². The van der Waals surface area contributed by atoms with Gasteiger partial charge in [-0.05, 0) is 43.7 Å². The molecule has 0 N–H and O–H groups in total. The van der Waals surface area contributed by atoms with Crippen molar-refractivity contribution in [3.63, 3.8) is 0 Å². The lowest BCUT2D eigenvalue weighted by Gasteiger charge is -2.36. The third kappa shape index (κ3) is 4.99. The second kappa shape index (κ2) is 8.58. The van der Waals surface area contributed by atoms with E-state index in [2.05, 4.69) is 31.5 Å². The van der Waals surface area contributed by atoms with Crippen molar-refractivity contribution in [3.05, 3.63) is 65.6 Å². The van der Waals surface area contributed by atoms with Gasteiger partial charge in [-0.15, -0.1) is 13.2 Å². The number of ether oxygens (including phenoxy) is 1. The molecule has 31 heavy (non-hydrogen) atoms. The molecular formula is C22H24F3N5O. The third-order valence-electron chi connectivity index (χ3n) is 5.37. The number of alkyl halides is 3. The summed E-state index contributed by atoms with van der Waals surface area (Å²) in [6, 6.07) is 11.8. The minimum Gasteiger partial charge on any atom is -0.406 e. The van der Waals surface area contributed by atoms with Crippen LogP contribution < -0.4 is 9.64 Å². The van der Waals surface area contributed by atoms with Crippen molar-refractivity contribution in [2.45, 2.75) is 26.8 Å². The summed E-state index contributed by atoms with van der Waals surface area (Å²) in [5.74, 6) is 0.600. The van der Waals surface area contributed by atoms with E-state index >= 15 is 0 Å². The number of anilines is 1. The lowest BCUT2D eigenvalue weighted by Crippen LogP contribution is -2.46. The zero-order valence-electron chi connectivity index (χ0n) is 17.4. The van der Waals surface area contributed by atoms with Gasteiger partial charge in [-0.3, -0.25) is 4.90 Å². The maximum Gasteiger partial charge on any atom is 0.573 e. The van der Waals surface area contributed by atoms with E-state index in [1.165, 1.54) is 12.1 Å². The van der Waals surface area contributed by atoms with Crippen molar-refractivity contribution in [1.82, 2.24) is 19.7 Å². The van der Waals surface area contributed by atoms with Crippen LogP contribution in [0.4, 0.5) is 18.9 Å². The van der Waals surface area contributed by atoms with Crippen molar-refractivity contribution in [1.29, 1.82) is 0 Å². The number of hydrogen-bond donors (Lipinski definition) is 0. The largest absolute Gasteiger partial charge is 0.573 e. The lowest BCUT2D eigenvalue weighted by molar-refractivity contribution is -0.274. The molecule has 0 saturated carbocycles. The van der Waals surface area contributed by atoms with Crippen LogP contribution in [0, 0.1) is 13.8 Å². The third-order valence-corrected chi connectivity index (χ3v) is 5.37. The first-order chi connectivity index (χ1) is 14.8. The molecule has 2 aromatic heterocycles. The van der Waals surface area contributed by atoms with Gasteiger partial charge in [0.2, 0.25) is 0 Å². The van der Waals surface area contributed by atoms with Crippen LogP contribution in [-0.4, -0.2) is 52.2 Å². The lowest BCUT2D eigenvalue weighted by atomic mass is 10.1. The van der Waals surface area contributed by atoms with Crippen LogP contribution in [0.1, 0.15) is 17.0 Å². The van der Waals surface area contributed by atoms with Gasteiger partial charge in [0.25, 0.3) is 0 Å². The van der Waals surface area contributed by atoms with Gasteiger partial charge in [-0.2, -0.15) is 5.10 Å². The standard InChI is InChI=1S/C22H24F3N5O/c1-16-21(17(2)30(27-16)20-5-3-4-10-26-20)29-13-11-28(12-14-29)15-18-6-8-19(9-7-18)31-22(23,24)25/h3-10H,11-15H2,1-2H3.